The van der Waals surface area contributed by atoms with Gasteiger partial charge in [-0.2, -0.15) is 10.2 Å². The number of nitrogens with one attached hydrogen (secondary N) is 3. The molecule has 790 valence electrons. The number of ketones is 2. The fourth-order valence-corrected chi connectivity index (χ4v) is 20.7. The third-order valence-corrected chi connectivity index (χ3v) is 29.2. The van der Waals surface area contributed by atoms with Gasteiger partial charge in [-0.15, -0.1) is 11.3 Å². The summed E-state index contributed by atoms with van der Waals surface area (Å²) in [7, 11) is 3.43. The third-order valence-electron chi connectivity index (χ3n) is 26.5. The molecule has 44 heteroatoms. The van der Waals surface area contributed by atoms with Crippen LogP contribution in [-0.4, -0.2) is 203 Å². The van der Waals surface area contributed by atoms with Crippen LogP contribution in [0.25, 0.3) is 56.1 Å². The lowest BCUT2D eigenvalue weighted by Gasteiger charge is -2.39. The summed E-state index contributed by atoms with van der Waals surface area (Å²) in [5.41, 5.74) is 31.9. The molecule has 0 saturated carbocycles. The number of hydrogen-bond donors (Lipinski definition) is 10. The number of rotatable bonds is 31. The SMILES string of the molecule is CC(C)CC[C@@H](C(=O)N1CCN(c2ncnc3c2[C@H](C)C[C@H]3O)CC1)c1ccc(Cl)cc1.CCn1c(-c2nonc2N)nc2c(C#CC(C)(C)O)ncc(OC[C@H]3CCCNC3)c21.Cn1ncc(Cl)c1-c1cc(C(=O)CC(CN)Cc2ccc(F)c(F)c2)oc1Cl.Cn1ncc(Cl)c1-c1cc(C(=O)C[C@H](CN)Cc2ccc(F)c(F)c2)sc1Cl.NC1(C(=O)N[C@@H](CCO)c2ccc(Cl)cc2)CCN(c2ncnc3[nH]ccc23)CC1. The zero-order valence-corrected chi connectivity index (χ0v) is 88.8. The molecule has 10 aromatic heterocycles. The summed E-state index contributed by atoms with van der Waals surface area (Å²) in [6.45, 7) is 19.3. The molecule has 3 aliphatic heterocycles. The molecule has 4 aromatic carbocycles. The van der Waals surface area contributed by atoms with Crippen LogP contribution in [0.5, 0.6) is 5.75 Å². The normalized spacial score (nSPS) is 16.2. The number of fused-ring (bicyclic) bond motifs is 3. The summed E-state index contributed by atoms with van der Waals surface area (Å²) in [6.07, 6.45) is 16.2. The van der Waals surface area contributed by atoms with E-state index in [-0.39, 0.29) is 102 Å². The topological polar surface area (TPSA) is 462 Å². The number of aryl methyl sites for hydroxylation is 3. The molecule has 3 saturated heterocycles. The smallest absolute Gasteiger partial charge is 0.240 e. The maximum atomic E-state index is 13.5. The maximum absolute atomic E-state index is 13.5. The van der Waals surface area contributed by atoms with Crippen LogP contribution in [0, 0.1) is 58.8 Å². The number of aromatic amines is 1. The van der Waals surface area contributed by atoms with Crippen molar-refractivity contribution < 1.29 is 65.8 Å². The molecule has 1 aliphatic carbocycles. The highest BCUT2D eigenvalue weighted by Crippen LogP contribution is 2.45. The zero-order chi connectivity index (χ0) is 107. The van der Waals surface area contributed by atoms with Crippen molar-refractivity contribution in [2.75, 3.05) is 94.2 Å². The number of ether oxygens (including phenoxy) is 1. The van der Waals surface area contributed by atoms with Crippen molar-refractivity contribution in [2.45, 2.75) is 160 Å². The number of pyridine rings is 1. The number of nitrogen functional groups attached to an aromatic ring is 1. The summed E-state index contributed by atoms with van der Waals surface area (Å²) >= 11 is 38.0. The van der Waals surface area contributed by atoms with Gasteiger partial charge >= 0.3 is 0 Å². The Labute approximate surface area is 892 Å². The lowest BCUT2D eigenvalue weighted by molar-refractivity contribution is -0.133. The fraction of sp³-hybridized carbons (Fsp3) is 0.410. The minimum absolute atomic E-state index is 0.0266. The number of nitrogens with two attached hydrogens (primary N) is 4. The Balaban J connectivity index is 0.000000147. The fourth-order valence-electron chi connectivity index (χ4n) is 18.4. The molecule has 0 bridgehead atoms. The van der Waals surface area contributed by atoms with Crippen molar-refractivity contribution in [1.29, 1.82) is 0 Å². The molecule has 4 aliphatic rings. The van der Waals surface area contributed by atoms with E-state index in [1.165, 1.54) is 52.9 Å². The highest BCUT2D eigenvalue weighted by atomic mass is 35.5. The van der Waals surface area contributed by atoms with E-state index in [0.717, 1.165) is 127 Å². The Hall–Kier alpha value is -12.0. The Morgan fingerprint density at radius 3 is 1.91 bits per heavy atom. The van der Waals surface area contributed by atoms with Crippen LogP contribution in [-0.2, 0) is 43.1 Å². The second-order valence-electron chi connectivity index (χ2n) is 38.3. The molecule has 14 aromatic rings. The minimum atomic E-state index is -1.16. The van der Waals surface area contributed by atoms with Crippen LogP contribution in [0.1, 0.15) is 189 Å². The van der Waals surface area contributed by atoms with Gasteiger partial charge in [0, 0.05) is 119 Å². The van der Waals surface area contributed by atoms with E-state index in [0.29, 0.717) is 181 Å². The number of imidazole rings is 1. The second kappa shape index (κ2) is 51.2. The highest BCUT2D eigenvalue weighted by molar-refractivity contribution is 7.18. The standard InChI is InChI=1S/C25H33ClN4O2.C21H25ClN6O2.C21H27N7O3.C19H17Cl2F2N3O2.C19H17Cl2F2N3OS/c1-16(2)4-9-20(18-5-7-19(26)8-6-18)25(32)30-12-10-29(11-13-30)24-22-17(3)14-21(31)23(22)27-15-28-24;22-15-3-1-14(2-4-15)17(6-12-29)27-20(30)21(23)7-10-28(11-8-21)19-16-5-9-24-18(16)25-13-26-19;1-4-28-18-15(30-12-13-6-5-9-23-10-13)11-24-14(7-8-21(2,3)29)16(18)25-20(28)17-19(22)27-31-26-17;2*1-26-18(13(20)9-25-26)12-7-17(28-19(12)21)16(27)6-11(8-24)4-10-2-3-14(22)15(23)5-10/h5-8,15-17,20-21,31H,4,9-14H2,1-3H3;1-5,9,13,17,29H,6-8,10-12,23H2,(H,27,30)(H,24,25,26);11,13,23,29H,4-6,9-10,12H2,1-3H3,(H2,22,27);2*2-3,5,7,9,11H,4,6,8,24H2,1H3/t17-,20-,21-;17-;13-;;11-/m100.1/s1. The number of piperidine rings is 2. The van der Waals surface area contributed by atoms with Crippen LogP contribution < -0.4 is 48.1 Å². The Morgan fingerprint density at radius 1 is 0.725 bits per heavy atom. The van der Waals surface area contributed by atoms with Crippen LogP contribution >= 0.6 is 80.9 Å². The van der Waals surface area contributed by atoms with Gasteiger partial charge in [-0.25, -0.2) is 52.1 Å². The van der Waals surface area contributed by atoms with Gasteiger partial charge < -0.3 is 82.3 Å². The van der Waals surface area contributed by atoms with Crippen molar-refractivity contribution in [1.82, 2.24) is 84.9 Å². The van der Waals surface area contributed by atoms with Crippen LogP contribution in [0.15, 0.2) is 150 Å². The summed E-state index contributed by atoms with van der Waals surface area (Å²) < 4.78 is 74.8. The molecule has 2 amide bonds. The lowest BCUT2D eigenvalue weighted by Crippen LogP contribution is -2.60. The first-order chi connectivity index (χ1) is 71.3. The molecular formula is C105H119Cl6F4N23O10S. The average molecular weight is 2180 g/mol. The van der Waals surface area contributed by atoms with Crippen molar-refractivity contribution in [3.05, 3.63) is 243 Å². The van der Waals surface area contributed by atoms with E-state index in [1.54, 1.807) is 63.3 Å². The maximum Gasteiger partial charge on any atom is 0.240 e. The Morgan fingerprint density at radius 2 is 1.34 bits per heavy atom. The number of amides is 2. The number of carbonyl (C=O) groups excluding carboxylic acids is 4. The summed E-state index contributed by atoms with van der Waals surface area (Å²) in [5, 5.41) is 55.0. The number of thiophene rings is 1. The van der Waals surface area contributed by atoms with Crippen molar-refractivity contribution >= 4 is 144 Å². The van der Waals surface area contributed by atoms with Crippen molar-refractivity contribution in [3.8, 4) is 51.6 Å². The van der Waals surface area contributed by atoms with Crippen molar-refractivity contribution in [3.63, 3.8) is 0 Å². The second-order valence-corrected chi connectivity index (χ2v) is 42.0. The predicted octanol–water partition coefficient (Wildman–Crippen LogP) is 18.1. The van der Waals surface area contributed by atoms with E-state index in [2.05, 4.69) is 103 Å². The van der Waals surface area contributed by atoms with E-state index in [4.69, 9.17) is 111 Å². The number of nitrogens with zero attached hydrogens (tertiary/aromatic N) is 16. The van der Waals surface area contributed by atoms with E-state index < -0.39 is 40.5 Å². The monoisotopic (exact) mass is 2180 g/mol. The molecule has 0 spiro atoms. The molecule has 7 atom stereocenters. The number of anilines is 3. The molecule has 13 heterocycles. The first-order valence-electron chi connectivity index (χ1n) is 49.0. The van der Waals surface area contributed by atoms with Crippen LogP contribution in [0.2, 0.25) is 29.6 Å². The lowest BCUT2D eigenvalue weighted by atomic mass is 9.87. The number of Topliss-reactive ketones (excluding diaryl/α,β-unsaturated/α-hetero) is 2. The Bertz CT molecular complexity index is 6840. The number of aromatic nitrogens is 14. The summed E-state index contributed by atoms with van der Waals surface area (Å²) in [5.74, 6) is 5.35. The van der Waals surface area contributed by atoms with E-state index in [1.807, 2.05) is 65.1 Å². The first-order valence-corrected chi connectivity index (χ1v) is 52.1. The first kappa shape index (κ1) is 113. The third kappa shape index (κ3) is 28.2. The van der Waals surface area contributed by atoms with Gasteiger partial charge in [-0.3, -0.25) is 28.5 Å². The van der Waals surface area contributed by atoms with Crippen LogP contribution in [0.4, 0.5) is 35.0 Å². The van der Waals surface area contributed by atoms with Gasteiger partial charge in [0.2, 0.25) is 17.0 Å². The number of benzene rings is 4. The number of carbonyl (C=O) groups is 4. The van der Waals surface area contributed by atoms with Gasteiger partial charge in [0.15, 0.2) is 63.7 Å². The number of aliphatic hydroxyl groups excluding tert-OH is 2. The van der Waals surface area contributed by atoms with Gasteiger partial charge in [-0.05, 0) is 245 Å². The molecule has 3 fully saturated rings. The molecule has 1 unspecified atom stereocenters. The molecule has 149 heavy (non-hydrogen) atoms. The number of furan rings is 1. The number of hydrogen-bond acceptors (Lipinski definition) is 28. The Kier molecular flexibility index (Phi) is 38.7. The van der Waals surface area contributed by atoms with Gasteiger partial charge in [0.25, 0.3) is 0 Å². The van der Waals surface area contributed by atoms with Gasteiger partial charge in [-0.1, -0.05) is 121 Å². The largest absolute Gasteiger partial charge is 0.489 e. The molecular weight excluding hydrogens is 2060 g/mol. The highest BCUT2D eigenvalue weighted by Gasteiger charge is 2.41. The van der Waals surface area contributed by atoms with E-state index in [9.17, 15) is 52.1 Å². The van der Waals surface area contributed by atoms with Crippen molar-refractivity contribution in [2.24, 2.45) is 55.0 Å². The predicted molar refractivity (Wildman–Crippen MR) is 569 cm³/mol. The summed E-state index contributed by atoms with van der Waals surface area (Å²) in [4.78, 5) is 88.7. The zero-order valence-electron chi connectivity index (χ0n) is 83.4. The number of halogens is 10. The molecule has 14 N–H and O–H groups in total. The summed E-state index contributed by atoms with van der Waals surface area (Å²) in [6, 6.07) is 27.1. The minimum Gasteiger partial charge on any atom is -0.489 e. The number of H-pyrrole nitrogens is 1. The average Bonchev–Trinajstić information content (AvgIpc) is 1.60. The number of piperazine rings is 1. The molecule has 18 rings (SSSR count). The van der Waals surface area contributed by atoms with Gasteiger partial charge in [0.1, 0.15) is 56.6 Å². The quantitative estimate of drug-likeness (QED) is 0.0110. The van der Waals surface area contributed by atoms with E-state index >= 15 is 0 Å². The number of aliphatic hydroxyl groups is 3. The molecule has 0 radical (unpaired) electrons. The molecule has 33 nitrogen and oxygen atoms in total. The van der Waals surface area contributed by atoms with Gasteiger partial charge in [0.05, 0.1) is 91.8 Å². The van der Waals surface area contributed by atoms with Crippen LogP contribution in [0.3, 0.4) is 0 Å².